The number of pyridine rings is 1. The van der Waals surface area contributed by atoms with Crippen molar-refractivity contribution >= 4 is 17.4 Å². The average Bonchev–Trinajstić information content (AvgIpc) is 2.78. The van der Waals surface area contributed by atoms with Crippen molar-refractivity contribution in [3.05, 3.63) is 89.6 Å². The molecule has 3 N–H and O–H groups in total. The molecule has 0 aliphatic carbocycles. The minimum atomic E-state index is -0.482. The number of aromatic nitrogens is 1. The number of nitrogen functional groups attached to an aromatic ring is 1. The highest BCUT2D eigenvalue weighted by Gasteiger charge is 2.32. The second kappa shape index (κ2) is 9.41. The third-order valence-corrected chi connectivity index (χ3v) is 5.93. The van der Waals surface area contributed by atoms with Gasteiger partial charge in [0.25, 0.3) is 0 Å². The lowest BCUT2D eigenvalue weighted by molar-refractivity contribution is -0.245. The first-order valence-corrected chi connectivity index (χ1v) is 10.6. The lowest BCUT2D eigenvalue weighted by Gasteiger charge is -2.36. The number of aliphatic hydroxyl groups is 1. The Balaban J connectivity index is 1.53. The normalized spacial score (nSPS) is 21.8. The van der Waals surface area contributed by atoms with Gasteiger partial charge in [-0.1, -0.05) is 42.5 Å². The largest absolute Gasteiger partial charge is 0.399 e. The van der Waals surface area contributed by atoms with Crippen molar-refractivity contribution in [1.29, 1.82) is 0 Å². The fourth-order valence-electron chi connectivity index (χ4n) is 3.34. The zero-order chi connectivity index (χ0) is 20.1. The van der Waals surface area contributed by atoms with Gasteiger partial charge >= 0.3 is 0 Å². The van der Waals surface area contributed by atoms with Crippen LogP contribution in [0.4, 0.5) is 5.69 Å². The molecule has 0 amide bonds. The maximum atomic E-state index is 9.30. The number of aliphatic hydroxyl groups excluding tert-OH is 1. The molecule has 1 saturated heterocycles. The summed E-state index contributed by atoms with van der Waals surface area (Å²) in [6, 6.07) is 21.4. The van der Waals surface area contributed by atoms with Gasteiger partial charge in [-0.05, 0) is 35.4 Å². The van der Waals surface area contributed by atoms with E-state index in [0.717, 1.165) is 33.9 Å². The van der Waals surface area contributed by atoms with Crippen molar-refractivity contribution < 1.29 is 14.6 Å². The summed E-state index contributed by atoms with van der Waals surface area (Å²) < 4.78 is 12.6. The molecule has 0 unspecified atom stereocenters. The number of anilines is 1. The first-order valence-electron chi connectivity index (χ1n) is 9.61. The Morgan fingerprint density at radius 3 is 2.59 bits per heavy atom. The van der Waals surface area contributed by atoms with Gasteiger partial charge < -0.3 is 20.3 Å². The molecule has 0 saturated carbocycles. The minimum absolute atomic E-state index is 0.00436. The highest BCUT2D eigenvalue weighted by atomic mass is 32.2. The number of ether oxygens (including phenoxy) is 2. The molecule has 0 spiro atoms. The highest BCUT2D eigenvalue weighted by molar-refractivity contribution is 7.99. The van der Waals surface area contributed by atoms with Crippen molar-refractivity contribution in [1.82, 2.24) is 4.98 Å². The number of benzene rings is 2. The second-order valence-corrected chi connectivity index (χ2v) is 8.04. The van der Waals surface area contributed by atoms with E-state index in [2.05, 4.69) is 4.98 Å². The van der Waals surface area contributed by atoms with Crippen LogP contribution in [-0.2, 0) is 16.1 Å². The number of hydrogen-bond donors (Lipinski definition) is 2. The van der Waals surface area contributed by atoms with Crippen LogP contribution in [0, 0.1) is 0 Å². The molecule has 4 rings (SSSR count). The smallest absolute Gasteiger partial charge is 0.184 e. The van der Waals surface area contributed by atoms with Gasteiger partial charge in [0.15, 0.2) is 6.29 Å². The lowest BCUT2D eigenvalue weighted by atomic mass is 10.0. The predicted molar refractivity (Wildman–Crippen MR) is 114 cm³/mol. The van der Waals surface area contributed by atoms with E-state index < -0.39 is 6.29 Å². The Morgan fingerprint density at radius 2 is 1.86 bits per heavy atom. The van der Waals surface area contributed by atoms with Crippen LogP contribution in [0.2, 0.25) is 0 Å². The van der Waals surface area contributed by atoms with Crippen molar-refractivity contribution in [3.63, 3.8) is 0 Å². The Labute approximate surface area is 174 Å². The molecule has 150 valence electrons. The van der Waals surface area contributed by atoms with Gasteiger partial charge in [-0.3, -0.25) is 0 Å². The monoisotopic (exact) mass is 408 g/mol. The van der Waals surface area contributed by atoms with Crippen LogP contribution < -0.4 is 5.73 Å². The van der Waals surface area contributed by atoms with Crippen LogP contribution in [0.5, 0.6) is 0 Å². The van der Waals surface area contributed by atoms with Gasteiger partial charge in [-0.15, -0.1) is 11.8 Å². The average molecular weight is 409 g/mol. The third kappa shape index (κ3) is 5.16. The van der Waals surface area contributed by atoms with Crippen LogP contribution in [0.25, 0.3) is 0 Å². The molecule has 2 aromatic carbocycles. The van der Waals surface area contributed by atoms with Gasteiger partial charge in [-0.25, -0.2) is 4.98 Å². The van der Waals surface area contributed by atoms with Crippen LogP contribution in [0.1, 0.15) is 35.5 Å². The SMILES string of the molecule is Nc1cccc([C@@H]2O[C@H](CSc3ccccn3)C[C@H](c3ccc(CO)cc3)O2)c1. The first kappa shape index (κ1) is 19.9. The Bertz CT molecular complexity index is 921. The standard InChI is InChI=1S/C23H24N2O3S/c24-19-5-3-4-18(12-19)23-27-20(15-29-22-6-1-2-11-25-22)13-21(28-23)17-9-7-16(14-26)8-10-17/h1-12,20-21,23,26H,13-15,24H2/t20-,21+,23+/m0/s1. The Hall–Kier alpha value is -2.38. The molecule has 1 fully saturated rings. The van der Waals surface area contributed by atoms with E-state index in [0.29, 0.717) is 5.69 Å². The Kier molecular flexibility index (Phi) is 6.46. The van der Waals surface area contributed by atoms with Gasteiger partial charge in [0, 0.05) is 29.6 Å². The fraction of sp³-hybridized carbons (Fsp3) is 0.261. The van der Waals surface area contributed by atoms with Crippen LogP contribution >= 0.6 is 11.8 Å². The van der Waals surface area contributed by atoms with E-state index in [4.69, 9.17) is 15.2 Å². The van der Waals surface area contributed by atoms with Gasteiger partial charge in [0.1, 0.15) is 0 Å². The molecule has 29 heavy (non-hydrogen) atoms. The zero-order valence-electron chi connectivity index (χ0n) is 16.0. The van der Waals surface area contributed by atoms with Crippen LogP contribution in [-0.4, -0.2) is 21.9 Å². The number of thioether (sulfide) groups is 1. The van der Waals surface area contributed by atoms with Crippen molar-refractivity contribution in [2.75, 3.05) is 11.5 Å². The molecular formula is C23H24N2O3S. The number of nitrogens with two attached hydrogens (primary N) is 1. The predicted octanol–water partition coefficient (Wildman–Crippen LogP) is 4.49. The summed E-state index contributed by atoms with van der Waals surface area (Å²) in [4.78, 5) is 4.38. The molecule has 0 bridgehead atoms. The maximum Gasteiger partial charge on any atom is 0.184 e. The van der Waals surface area contributed by atoms with Gasteiger partial charge in [0.2, 0.25) is 0 Å². The first-order chi connectivity index (χ1) is 14.2. The van der Waals surface area contributed by atoms with E-state index >= 15 is 0 Å². The second-order valence-electron chi connectivity index (χ2n) is 7.00. The lowest BCUT2D eigenvalue weighted by Crippen LogP contribution is -2.31. The van der Waals surface area contributed by atoms with E-state index in [-0.39, 0.29) is 18.8 Å². The topological polar surface area (TPSA) is 77.6 Å². The molecule has 3 aromatic rings. The highest BCUT2D eigenvalue weighted by Crippen LogP contribution is 2.39. The van der Waals surface area contributed by atoms with Crippen LogP contribution in [0.15, 0.2) is 78.0 Å². The van der Waals surface area contributed by atoms with Crippen molar-refractivity contribution in [3.8, 4) is 0 Å². The van der Waals surface area contributed by atoms with Gasteiger partial charge in [-0.2, -0.15) is 0 Å². The van der Waals surface area contributed by atoms with E-state index in [1.54, 1.807) is 18.0 Å². The molecular weight excluding hydrogens is 384 g/mol. The molecule has 1 aromatic heterocycles. The molecule has 5 nitrogen and oxygen atoms in total. The van der Waals surface area contributed by atoms with Crippen molar-refractivity contribution in [2.24, 2.45) is 0 Å². The van der Waals surface area contributed by atoms with E-state index in [1.807, 2.05) is 66.7 Å². The van der Waals surface area contributed by atoms with E-state index in [1.165, 1.54) is 0 Å². The summed E-state index contributed by atoms with van der Waals surface area (Å²) in [5, 5.41) is 10.3. The number of rotatable bonds is 6. The minimum Gasteiger partial charge on any atom is -0.399 e. The Morgan fingerprint density at radius 1 is 1.00 bits per heavy atom. The molecule has 6 heteroatoms. The summed E-state index contributed by atoms with van der Waals surface area (Å²) >= 11 is 1.68. The summed E-state index contributed by atoms with van der Waals surface area (Å²) in [5.74, 6) is 0.782. The molecule has 1 aliphatic heterocycles. The zero-order valence-corrected chi connectivity index (χ0v) is 16.8. The molecule has 0 radical (unpaired) electrons. The van der Waals surface area contributed by atoms with Crippen LogP contribution in [0.3, 0.4) is 0 Å². The van der Waals surface area contributed by atoms with Gasteiger partial charge in [0.05, 0.1) is 23.8 Å². The summed E-state index contributed by atoms with van der Waals surface area (Å²) in [6.45, 7) is 0.0319. The van der Waals surface area contributed by atoms with E-state index in [9.17, 15) is 5.11 Å². The molecule has 2 heterocycles. The molecule has 1 aliphatic rings. The third-order valence-electron chi connectivity index (χ3n) is 4.85. The summed E-state index contributed by atoms with van der Waals surface area (Å²) in [5.41, 5.74) is 9.52. The summed E-state index contributed by atoms with van der Waals surface area (Å²) in [6.07, 6.45) is 1.97. The molecule has 3 atom stereocenters. The maximum absolute atomic E-state index is 9.30. The fourth-order valence-corrected chi connectivity index (χ4v) is 4.22. The quantitative estimate of drug-likeness (QED) is 0.462. The summed E-state index contributed by atoms with van der Waals surface area (Å²) in [7, 11) is 0. The number of hydrogen-bond acceptors (Lipinski definition) is 6. The van der Waals surface area contributed by atoms with Crippen molar-refractivity contribution in [2.45, 2.75) is 36.6 Å². The number of nitrogens with zero attached hydrogens (tertiary/aromatic N) is 1.